The van der Waals surface area contributed by atoms with Crippen LogP contribution < -0.4 is 11.1 Å². The maximum absolute atomic E-state index is 9.28. The van der Waals surface area contributed by atoms with Crippen LogP contribution >= 0.6 is 0 Å². The van der Waals surface area contributed by atoms with Gasteiger partial charge >= 0.3 is 0 Å². The molecule has 1 unspecified atom stereocenters. The molecule has 0 aliphatic rings. The molecule has 0 saturated carbocycles. The number of hydrogen-bond acceptors (Lipinski definition) is 3. The Labute approximate surface area is 97.7 Å². The molecular formula is C13H22N2O. The fraction of sp³-hybridized carbons (Fsp3) is 0.538. The summed E-state index contributed by atoms with van der Waals surface area (Å²) in [5.74, 6) is 0.805. The second-order valence-corrected chi connectivity index (χ2v) is 4.71. The number of rotatable bonds is 4. The zero-order chi connectivity index (χ0) is 12.3. The van der Waals surface area contributed by atoms with Crippen molar-refractivity contribution in [2.24, 2.45) is 5.73 Å². The van der Waals surface area contributed by atoms with Crippen LogP contribution in [0.15, 0.2) is 18.2 Å². The van der Waals surface area contributed by atoms with Gasteiger partial charge in [0.25, 0.3) is 0 Å². The molecule has 1 atom stereocenters. The standard InChI is InChI=1S/C13H22N2O/c1-8(2)10-6-5-7-11(9(3)4)12(10)15-13(14)16/h5-9,13,15-16H,14H2,1-4H3. The lowest BCUT2D eigenvalue weighted by molar-refractivity contribution is 0.211. The molecule has 1 rings (SSSR count). The molecule has 0 spiro atoms. The van der Waals surface area contributed by atoms with Crippen LogP contribution in [-0.4, -0.2) is 11.5 Å². The van der Waals surface area contributed by atoms with E-state index in [2.05, 4.69) is 51.2 Å². The minimum absolute atomic E-state index is 0.403. The number of anilines is 1. The topological polar surface area (TPSA) is 58.3 Å². The van der Waals surface area contributed by atoms with Crippen molar-refractivity contribution in [3.05, 3.63) is 29.3 Å². The summed E-state index contributed by atoms with van der Waals surface area (Å²) in [6, 6.07) is 6.20. The van der Waals surface area contributed by atoms with E-state index in [9.17, 15) is 5.11 Å². The molecule has 1 aromatic rings. The monoisotopic (exact) mass is 222 g/mol. The van der Waals surface area contributed by atoms with Crippen molar-refractivity contribution < 1.29 is 5.11 Å². The molecule has 0 saturated heterocycles. The second-order valence-electron chi connectivity index (χ2n) is 4.71. The molecule has 3 nitrogen and oxygen atoms in total. The lowest BCUT2D eigenvalue weighted by Gasteiger charge is -2.21. The molecule has 0 aromatic heterocycles. The Hall–Kier alpha value is -1.06. The maximum Gasteiger partial charge on any atom is 0.178 e. The van der Waals surface area contributed by atoms with Gasteiger partial charge in [-0.1, -0.05) is 45.9 Å². The van der Waals surface area contributed by atoms with Crippen molar-refractivity contribution >= 4 is 5.69 Å². The fourth-order valence-electron chi connectivity index (χ4n) is 1.87. The largest absolute Gasteiger partial charge is 0.361 e. The van der Waals surface area contributed by atoms with Gasteiger partial charge in [-0.2, -0.15) is 0 Å². The molecule has 0 aliphatic carbocycles. The Kier molecular flexibility index (Phi) is 4.33. The minimum Gasteiger partial charge on any atom is -0.361 e. The predicted octanol–water partition coefficient (Wildman–Crippen LogP) is 2.58. The summed E-state index contributed by atoms with van der Waals surface area (Å²) in [6.45, 7) is 8.53. The summed E-state index contributed by atoms with van der Waals surface area (Å²) in [7, 11) is 0. The van der Waals surface area contributed by atoms with Gasteiger partial charge in [-0.15, -0.1) is 0 Å². The van der Waals surface area contributed by atoms with E-state index in [0.717, 1.165) is 5.69 Å². The lowest BCUT2D eigenvalue weighted by atomic mass is 9.93. The van der Waals surface area contributed by atoms with E-state index in [4.69, 9.17) is 5.73 Å². The van der Waals surface area contributed by atoms with Crippen LogP contribution in [0.3, 0.4) is 0 Å². The SMILES string of the molecule is CC(C)c1cccc(C(C)C)c1NC(N)O. The van der Waals surface area contributed by atoms with Crippen molar-refractivity contribution in [1.82, 2.24) is 0 Å². The van der Waals surface area contributed by atoms with Gasteiger partial charge < -0.3 is 10.4 Å². The minimum atomic E-state index is -1.02. The first-order valence-corrected chi connectivity index (χ1v) is 5.76. The second kappa shape index (κ2) is 5.32. The summed E-state index contributed by atoms with van der Waals surface area (Å²) >= 11 is 0. The van der Waals surface area contributed by atoms with Crippen molar-refractivity contribution in [3.63, 3.8) is 0 Å². The highest BCUT2D eigenvalue weighted by Crippen LogP contribution is 2.32. The first-order chi connectivity index (χ1) is 7.43. The first kappa shape index (κ1) is 13.0. The van der Waals surface area contributed by atoms with Crippen LogP contribution in [0.4, 0.5) is 5.69 Å². The average Bonchev–Trinajstić information content (AvgIpc) is 2.16. The highest BCUT2D eigenvalue weighted by molar-refractivity contribution is 5.60. The van der Waals surface area contributed by atoms with E-state index in [-0.39, 0.29) is 0 Å². The van der Waals surface area contributed by atoms with Crippen LogP contribution in [0.2, 0.25) is 0 Å². The summed E-state index contributed by atoms with van der Waals surface area (Å²) in [5.41, 5.74) is 8.76. The third-order valence-electron chi connectivity index (χ3n) is 2.67. The van der Waals surface area contributed by atoms with Crippen LogP contribution in [0, 0.1) is 0 Å². The average molecular weight is 222 g/mol. The zero-order valence-electron chi connectivity index (χ0n) is 10.5. The van der Waals surface area contributed by atoms with Gasteiger partial charge in [0.2, 0.25) is 0 Å². The van der Waals surface area contributed by atoms with E-state index < -0.39 is 6.35 Å². The number of para-hydroxylation sites is 1. The highest BCUT2D eigenvalue weighted by Gasteiger charge is 2.14. The zero-order valence-corrected chi connectivity index (χ0v) is 10.5. The number of hydrogen-bond donors (Lipinski definition) is 3. The summed E-state index contributed by atoms with van der Waals surface area (Å²) in [5, 5.41) is 12.2. The maximum atomic E-state index is 9.28. The molecule has 4 N–H and O–H groups in total. The Morgan fingerprint density at radius 1 is 1.06 bits per heavy atom. The summed E-state index contributed by atoms with van der Waals surface area (Å²) in [4.78, 5) is 0. The summed E-state index contributed by atoms with van der Waals surface area (Å²) in [6.07, 6.45) is -1.02. The van der Waals surface area contributed by atoms with Crippen LogP contribution in [0.5, 0.6) is 0 Å². The van der Waals surface area contributed by atoms with E-state index in [0.29, 0.717) is 11.8 Å². The van der Waals surface area contributed by atoms with E-state index >= 15 is 0 Å². The Morgan fingerprint density at radius 2 is 1.50 bits per heavy atom. The molecule has 0 amide bonds. The molecular weight excluding hydrogens is 200 g/mol. The molecule has 0 aliphatic heterocycles. The van der Waals surface area contributed by atoms with Gasteiger partial charge in [0.15, 0.2) is 6.35 Å². The first-order valence-electron chi connectivity index (χ1n) is 5.76. The summed E-state index contributed by atoms with van der Waals surface area (Å²) < 4.78 is 0. The smallest absolute Gasteiger partial charge is 0.178 e. The van der Waals surface area contributed by atoms with Gasteiger partial charge in [-0.25, -0.2) is 0 Å². The Morgan fingerprint density at radius 3 is 1.81 bits per heavy atom. The number of aliphatic hydroxyl groups is 1. The van der Waals surface area contributed by atoms with Gasteiger partial charge in [-0.3, -0.25) is 5.73 Å². The molecule has 1 aromatic carbocycles. The fourth-order valence-corrected chi connectivity index (χ4v) is 1.87. The van der Waals surface area contributed by atoms with Gasteiger partial charge in [0.05, 0.1) is 0 Å². The predicted molar refractivity (Wildman–Crippen MR) is 68.4 cm³/mol. The molecule has 90 valence electrons. The van der Waals surface area contributed by atoms with Crippen molar-refractivity contribution in [3.8, 4) is 0 Å². The normalized spacial score (nSPS) is 13.2. The number of aliphatic hydroxyl groups excluding tert-OH is 1. The molecule has 0 fully saturated rings. The third kappa shape index (κ3) is 2.97. The van der Waals surface area contributed by atoms with Crippen molar-refractivity contribution in [1.29, 1.82) is 0 Å². The Balaban J connectivity index is 3.23. The molecule has 0 heterocycles. The number of nitrogens with one attached hydrogen (secondary N) is 1. The van der Waals surface area contributed by atoms with Crippen LogP contribution in [0.1, 0.15) is 50.7 Å². The van der Waals surface area contributed by atoms with Crippen molar-refractivity contribution in [2.75, 3.05) is 5.32 Å². The Bertz CT molecular complexity index is 320. The molecule has 0 radical (unpaired) electrons. The third-order valence-corrected chi connectivity index (χ3v) is 2.67. The van der Waals surface area contributed by atoms with Crippen LogP contribution in [-0.2, 0) is 0 Å². The number of benzene rings is 1. The molecule has 0 bridgehead atoms. The van der Waals surface area contributed by atoms with Gasteiger partial charge in [-0.05, 0) is 23.0 Å². The molecule has 3 heteroatoms. The molecule has 16 heavy (non-hydrogen) atoms. The van der Waals surface area contributed by atoms with E-state index in [1.807, 2.05) is 0 Å². The van der Waals surface area contributed by atoms with E-state index in [1.165, 1.54) is 11.1 Å². The number of nitrogens with two attached hydrogens (primary N) is 1. The highest BCUT2D eigenvalue weighted by atomic mass is 16.3. The quantitative estimate of drug-likeness (QED) is 0.686. The van der Waals surface area contributed by atoms with E-state index in [1.54, 1.807) is 0 Å². The lowest BCUT2D eigenvalue weighted by Crippen LogP contribution is -2.29. The van der Waals surface area contributed by atoms with Crippen LogP contribution in [0.25, 0.3) is 0 Å². The van der Waals surface area contributed by atoms with Gasteiger partial charge in [0.1, 0.15) is 0 Å². The van der Waals surface area contributed by atoms with Crippen molar-refractivity contribution in [2.45, 2.75) is 45.9 Å². The van der Waals surface area contributed by atoms with Gasteiger partial charge in [0, 0.05) is 5.69 Å².